The van der Waals surface area contributed by atoms with E-state index in [2.05, 4.69) is 37.2 Å². The van der Waals surface area contributed by atoms with Gasteiger partial charge in [-0.1, -0.05) is 19.1 Å². The van der Waals surface area contributed by atoms with Crippen molar-refractivity contribution in [1.29, 1.82) is 0 Å². The lowest BCUT2D eigenvalue weighted by atomic mass is 10.0. The van der Waals surface area contributed by atoms with E-state index in [1.54, 1.807) is 29.5 Å². The van der Waals surface area contributed by atoms with E-state index in [9.17, 15) is 4.39 Å². The van der Waals surface area contributed by atoms with Crippen LogP contribution < -0.4 is 10.1 Å². The fourth-order valence-corrected chi connectivity index (χ4v) is 4.17. The molecule has 1 N–H and O–H groups in total. The SMILES string of the molecule is CCNC(c1cc(Br)c(Br)s1)c1cccc(OC)c1F. The molecule has 1 atom stereocenters. The molecule has 0 aliphatic heterocycles. The van der Waals surface area contributed by atoms with E-state index in [0.29, 0.717) is 5.56 Å². The molecule has 6 heteroatoms. The first-order chi connectivity index (χ1) is 9.58. The first-order valence-electron chi connectivity index (χ1n) is 6.09. The number of nitrogens with one attached hydrogen (secondary N) is 1. The number of rotatable bonds is 5. The van der Waals surface area contributed by atoms with E-state index in [1.165, 1.54) is 7.11 Å². The van der Waals surface area contributed by atoms with Crippen molar-refractivity contribution in [2.45, 2.75) is 13.0 Å². The van der Waals surface area contributed by atoms with Crippen LogP contribution in [0.1, 0.15) is 23.4 Å². The molecule has 1 aromatic carbocycles. The minimum atomic E-state index is -0.318. The van der Waals surface area contributed by atoms with Crippen LogP contribution in [0.25, 0.3) is 0 Å². The lowest BCUT2D eigenvalue weighted by Crippen LogP contribution is -2.22. The molecule has 0 saturated heterocycles. The Morgan fingerprint density at radius 3 is 2.70 bits per heavy atom. The molecule has 108 valence electrons. The van der Waals surface area contributed by atoms with Gasteiger partial charge in [-0.15, -0.1) is 11.3 Å². The number of ether oxygens (including phenoxy) is 1. The van der Waals surface area contributed by atoms with E-state index in [0.717, 1.165) is 19.7 Å². The maximum absolute atomic E-state index is 14.5. The molecule has 20 heavy (non-hydrogen) atoms. The maximum Gasteiger partial charge on any atom is 0.170 e. The van der Waals surface area contributed by atoms with Crippen molar-refractivity contribution in [3.05, 3.63) is 48.8 Å². The smallest absolute Gasteiger partial charge is 0.170 e. The minimum absolute atomic E-state index is 0.192. The molecule has 0 saturated carbocycles. The molecule has 0 aliphatic carbocycles. The predicted molar refractivity (Wildman–Crippen MR) is 88.2 cm³/mol. The van der Waals surface area contributed by atoms with Crippen LogP contribution in [0.4, 0.5) is 4.39 Å². The van der Waals surface area contributed by atoms with Crippen LogP contribution >= 0.6 is 43.2 Å². The monoisotopic (exact) mass is 421 g/mol. The average Bonchev–Trinajstić information content (AvgIpc) is 2.76. The van der Waals surface area contributed by atoms with Gasteiger partial charge in [0, 0.05) is 14.9 Å². The normalized spacial score (nSPS) is 12.4. The highest BCUT2D eigenvalue weighted by Gasteiger charge is 2.22. The van der Waals surface area contributed by atoms with Gasteiger partial charge in [0.1, 0.15) is 0 Å². The van der Waals surface area contributed by atoms with Gasteiger partial charge in [0.2, 0.25) is 0 Å². The second kappa shape index (κ2) is 7.02. The van der Waals surface area contributed by atoms with E-state index < -0.39 is 0 Å². The van der Waals surface area contributed by atoms with Gasteiger partial charge in [0.15, 0.2) is 11.6 Å². The fraction of sp³-hybridized carbons (Fsp3) is 0.286. The topological polar surface area (TPSA) is 21.3 Å². The largest absolute Gasteiger partial charge is 0.494 e. The zero-order valence-corrected chi connectivity index (χ0v) is 15.0. The van der Waals surface area contributed by atoms with Crippen molar-refractivity contribution in [2.75, 3.05) is 13.7 Å². The number of hydrogen-bond donors (Lipinski definition) is 1. The zero-order chi connectivity index (χ0) is 14.7. The Hall–Kier alpha value is -0.430. The van der Waals surface area contributed by atoms with Gasteiger partial charge in [-0.2, -0.15) is 0 Å². The molecule has 2 aromatic rings. The Kier molecular flexibility index (Phi) is 5.60. The summed E-state index contributed by atoms with van der Waals surface area (Å²) in [6.07, 6.45) is 0. The Bertz CT molecular complexity index is 583. The lowest BCUT2D eigenvalue weighted by Gasteiger charge is -2.18. The van der Waals surface area contributed by atoms with Crippen molar-refractivity contribution >= 4 is 43.2 Å². The van der Waals surface area contributed by atoms with Gasteiger partial charge in [0.25, 0.3) is 0 Å². The Balaban J connectivity index is 2.48. The van der Waals surface area contributed by atoms with Crippen molar-refractivity contribution in [1.82, 2.24) is 5.32 Å². The van der Waals surface area contributed by atoms with Crippen LogP contribution in [0.15, 0.2) is 32.5 Å². The summed E-state index contributed by atoms with van der Waals surface area (Å²) in [5.74, 6) is -0.0540. The van der Waals surface area contributed by atoms with Gasteiger partial charge in [-0.3, -0.25) is 0 Å². The minimum Gasteiger partial charge on any atom is -0.494 e. The number of benzene rings is 1. The number of methoxy groups -OCH3 is 1. The Morgan fingerprint density at radius 2 is 2.15 bits per heavy atom. The quantitative estimate of drug-likeness (QED) is 0.721. The molecule has 1 unspecified atom stereocenters. The van der Waals surface area contributed by atoms with E-state index in [-0.39, 0.29) is 17.6 Å². The molecule has 0 aliphatic rings. The van der Waals surface area contributed by atoms with Gasteiger partial charge < -0.3 is 10.1 Å². The second-order valence-corrected chi connectivity index (χ2v) is 7.38. The summed E-state index contributed by atoms with van der Waals surface area (Å²) in [6.45, 7) is 2.75. The zero-order valence-electron chi connectivity index (χ0n) is 11.0. The molecule has 1 aromatic heterocycles. The molecule has 2 nitrogen and oxygen atoms in total. The highest BCUT2D eigenvalue weighted by molar-refractivity contribution is 9.13. The third kappa shape index (κ3) is 3.24. The summed E-state index contributed by atoms with van der Waals surface area (Å²) < 4.78 is 21.5. The highest BCUT2D eigenvalue weighted by atomic mass is 79.9. The van der Waals surface area contributed by atoms with E-state index >= 15 is 0 Å². The third-order valence-corrected chi connectivity index (χ3v) is 6.20. The molecular formula is C14H14Br2FNOS. The first kappa shape index (κ1) is 15.9. The molecule has 0 spiro atoms. The highest BCUT2D eigenvalue weighted by Crippen LogP contribution is 2.39. The van der Waals surface area contributed by atoms with Crippen molar-refractivity contribution in [2.24, 2.45) is 0 Å². The summed E-state index contributed by atoms with van der Waals surface area (Å²) in [5, 5.41) is 3.32. The first-order valence-corrected chi connectivity index (χ1v) is 8.49. The van der Waals surface area contributed by atoms with Crippen LogP contribution in [0.2, 0.25) is 0 Å². The molecule has 0 fully saturated rings. The van der Waals surface area contributed by atoms with Crippen LogP contribution in [-0.2, 0) is 0 Å². The predicted octanol–water partition coefficient (Wildman–Crippen LogP) is 5.12. The lowest BCUT2D eigenvalue weighted by molar-refractivity contribution is 0.382. The van der Waals surface area contributed by atoms with E-state index in [1.807, 2.05) is 13.0 Å². The van der Waals surface area contributed by atoms with Crippen molar-refractivity contribution in [3.8, 4) is 5.75 Å². The molecule has 0 bridgehead atoms. The fourth-order valence-electron chi connectivity index (χ4n) is 1.98. The van der Waals surface area contributed by atoms with Gasteiger partial charge in [-0.05, 0) is 50.5 Å². The number of thiophene rings is 1. The summed E-state index contributed by atoms with van der Waals surface area (Å²) in [7, 11) is 1.47. The van der Waals surface area contributed by atoms with E-state index in [4.69, 9.17) is 4.74 Å². The second-order valence-electron chi connectivity index (χ2n) is 4.12. The molecule has 1 heterocycles. The van der Waals surface area contributed by atoms with Crippen LogP contribution in [-0.4, -0.2) is 13.7 Å². The third-order valence-electron chi connectivity index (χ3n) is 2.88. The Morgan fingerprint density at radius 1 is 1.40 bits per heavy atom. The Labute approximate surface area is 138 Å². The molecule has 0 amide bonds. The summed E-state index contributed by atoms with van der Waals surface area (Å²) in [6, 6.07) is 7.03. The van der Waals surface area contributed by atoms with Crippen LogP contribution in [0.3, 0.4) is 0 Å². The maximum atomic E-state index is 14.5. The van der Waals surface area contributed by atoms with Gasteiger partial charge in [-0.25, -0.2) is 4.39 Å². The van der Waals surface area contributed by atoms with Crippen LogP contribution in [0, 0.1) is 5.82 Å². The molecule has 2 rings (SSSR count). The van der Waals surface area contributed by atoms with Crippen LogP contribution in [0.5, 0.6) is 5.75 Å². The van der Waals surface area contributed by atoms with Crippen molar-refractivity contribution in [3.63, 3.8) is 0 Å². The summed E-state index contributed by atoms with van der Waals surface area (Å²) in [5.41, 5.74) is 0.590. The molecular weight excluding hydrogens is 409 g/mol. The number of hydrogen-bond acceptors (Lipinski definition) is 3. The van der Waals surface area contributed by atoms with Gasteiger partial charge in [0.05, 0.1) is 16.9 Å². The summed E-state index contributed by atoms with van der Waals surface area (Å²) in [4.78, 5) is 1.04. The average molecular weight is 423 g/mol. The number of halogens is 3. The molecule has 0 radical (unpaired) electrons. The van der Waals surface area contributed by atoms with Gasteiger partial charge >= 0.3 is 0 Å². The summed E-state index contributed by atoms with van der Waals surface area (Å²) >= 11 is 8.53. The standard InChI is InChI=1S/C14H14Br2FNOS/c1-3-18-13(11-7-9(15)14(16)20-11)8-5-4-6-10(19-2)12(8)17/h4-7,13,18H,3H2,1-2H3. The van der Waals surface area contributed by atoms with Crippen molar-refractivity contribution < 1.29 is 9.13 Å².